The normalized spacial score (nSPS) is 10.7. The van der Waals surface area contributed by atoms with E-state index in [9.17, 15) is 5.11 Å². The molecule has 0 aliphatic heterocycles. The average molecular weight is 235 g/mol. The van der Waals surface area contributed by atoms with Gasteiger partial charge in [0, 0.05) is 17.8 Å². The Morgan fingerprint density at radius 2 is 1.72 bits per heavy atom. The van der Waals surface area contributed by atoms with E-state index in [2.05, 4.69) is 11.1 Å². The molecule has 2 nitrogen and oxygen atoms in total. The molecule has 0 saturated heterocycles. The SMILES string of the molecule is OCc1ccccc1-c1cccc2cnccc12. The van der Waals surface area contributed by atoms with Crippen molar-refractivity contribution in [3.05, 3.63) is 66.5 Å². The van der Waals surface area contributed by atoms with Crippen molar-refractivity contribution < 1.29 is 5.11 Å². The van der Waals surface area contributed by atoms with Gasteiger partial charge < -0.3 is 5.11 Å². The van der Waals surface area contributed by atoms with Crippen molar-refractivity contribution in [3.63, 3.8) is 0 Å². The number of pyridine rings is 1. The van der Waals surface area contributed by atoms with Gasteiger partial charge in [-0.1, -0.05) is 42.5 Å². The third-order valence-electron chi connectivity index (χ3n) is 3.16. The predicted octanol–water partition coefficient (Wildman–Crippen LogP) is 3.39. The van der Waals surface area contributed by atoms with Crippen LogP contribution in [0.4, 0.5) is 0 Å². The van der Waals surface area contributed by atoms with Crippen molar-refractivity contribution in [2.45, 2.75) is 6.61 Å². The molecule has 0 fully saturated rings. The number of benzene rings is 2. The minimum absolute atomic E-state index is 0.0532. The zero-order valence-corrected chi connectivity index (χ0v) is 9.88. The Bertz CT molecular complexity index is 686. The Kier molecular flexibility index (Phi) is 2.79. The Labute approximate surface area is 106 Å². The first kappa shape index (κ1) is 10.9. The molecule has 0 unspecified atom stereocenters. The van der Waals surface area contributed by atoms with Gasteiger partial charge >= 0.3 is 0 Å². The van der Waals surface area contributed by atoms with Crippen LogP contribution in [0.25, 0.3) is 21.9 Å². The fourth-order valence-electron chi connectivity index (χ4n) is 2.28. The average Bonchev–Trinajstić information content (AvgIpc) is 2.46. The van der Waals surface area contributed by atoms with E-state index in [1.165, 1.54) is 0 Å². The lowest BCUT2D eigenvalue weighted by Gasteiger charge is -2.10. The number of aliphatic hydroxyl groups excluding tert-OH is 1. The first-order valence-electron chi connectivity index (χ1n) is 5.92. The first-order valence-corrected chi connectivity index (χ1v) is 5.92. The van der Waals surface area contributed by atoms with E-state index in [-0.39, 0.29) is 6.61 Å². The molecule has 1 N–H and O–H groups in total. The van der Waals surface area contributed by atoms with Gasteiger partial charge in [-0.25, -0.2) is 0 Å². The monoisotopic (exact) mass is 235 g/mol. The van der Waals surface area contributed by atoms with Crippen molar-refractivity contribution in [3.8, 4) is 11.1 Å². The van der Waals surface area contributed by atoms with E-state index in [4.69, 9.17) is 0 Å². The maximum Gasteiger partial charge on any atom is 0.0687 e. The van der Waals surface area contributed by atoms with Gasteiger partial charge in [-0.05, 0) is 28.1 Å². The van der Waals surface area contributed by atoms with Crippen LogP contribution in [0.3, 0.4) is 0 Å². The van der Waals surface area contributed by atoms with Crippen LogP contribution < -0.4 is 0 Å². The van der Waals surface area contributed by atoms with Crippen LogP contribution in [0.2, 0.25) is 0 Å². The standard InChI is InChI=1S/C16H13NO/c18-11-13-4-1-2-6-14(13)16-7-3-5-12-10-17-9-8-15(12)16/h1-10,18H,11H2. The van der Waals surface area contributed by atoms with Gasteiger partial charge in [-0.2, -0.15) is 0 Å². The minimum Gasteiger partial charge on any atom is -0.392 e. The summed E-state index contributed by atoms with van der Waals surface area (Å²) >= 11 is 0. The maximum absolute atomic E-state index is 9.44. The molecule has 0 atom stereocenters. The Morgan fingerprint density at radius 3 is 2.61 bits per heavy atom. The Balaban J connectivity index is 2.32. The minimum atomic E-state index is 0.0532. The summed E-state index contributed by atoms with van der Waals surface area (Å²) in [7, 11) is 0. The van der Waals surface area contributed by atoms with Crippen molar-refractivity contribution in [1.29, 1.82) is 0 Å². The molecule has 3 rings (SSSR count). The van der Waals surface area contributed by atoms with E-state index >= 15 is 0 Å². The summed E-state index contributed by atoms with van der Waals surface area (Å²) in [4.78, 5) is 4.14. The van der Waals surface area contributed by atoms with E-state index in [1.54, 1.807) is 6.20 Å². The number of hydrogen-bond donors (Lipinski definition) is 1. The molecule has 0 spiro atoms. The third-order valence-corrected chi connectivity index (χ3v) is 3.16. The maximum atomic E-state index is 9.44. The topological polar surface area (TPSA) is 33.1 Å². The number of aromatic nitrogens is 1. The van der Waals surface area contributed by atoms with E-state index < -0.39 is 0 Å². The molecule has 2 aromatic carbocycles. The summed E-state index contributed by atoms with van der Waals surface area (Å²) in [5.41, 5.74) is 3.16. The molecule has 0 aliphatic rings. The summed E-state index contributed by atoms with van der Waals surface area (Å²) < 4.78 is 0. The van der Waals surface area contributed by atoms with E-state index in [0.29, 0.717) is 0 Å². The highest BCUT2D eigenvalue weighted by molar-refractivity contribution is 5.96. The molecule has 0 saturated carbocycles. The molecular formula is C16H13NO. The molecular weight excluding hydrogens is 222 g/mol. The summed E-state index contributed by atoms with van der Waals surface area (Å²) in [5, 5.41) is 11.7. The van der Waals surface area contributed by atoms with Crippen LogP contribution in [0, 0.1) is 0 Å². The molecule has 2 heteroatoms. The van der Waals surface area contributed by atoms with Crippen molar-refractivity contribution >= 4 is 10.8 Å². The highest BCUT2D eigenvalue weighted by Gasteiger charge is 2.07. The van der Waals surface area contributed by atoms with Crippen molar-refractivity contribution in [2.24, 2.45) is 0 Å². The molecule has 1 heterocycles. The lowest BCUT2D eigenvalue weighted by atomic mass is 9.96. The molecule has 0 amide bonds. The second kappa shape index (κ2) is 4.59. The van der Waals surface area contributed by atoms with Gasteiger partial charge in [-0.3, -0.25) is 4.98 Å². The van der Waals surface area contributed by atoms with Crippen LogP contribution in [0.1, 0.15) is 5.56 Å². The molecule has 0 aliphatic carbocycles. The van der Waals surface area contributed by atoms with Gasteiger partial charge in [-0.15, -0.1) is 0 Å². The van der Waals surface area contributed by atoms with Gasteiger partial charge in [0.1, 0.15) is 0 Å². The van der Waals surface area contributed by atoms with Gasteiger partial charge in [0.05, 0.1) is 6.61 Å². The molecule has 0 radical (unpaired) electrons. The second-order valence-electron chi connectivity index (χ2n) is 4.22. The van der Waals surface area contributed by atoms with Crippen LogP contribution >= 0.6 is 0 Å². The van der Waals surface area contributed by atoms with Gasteiger partial charge in [0.2, 0.25) is 0 Å². The Morgan fingerprint density at radius 1 is 0.889 bits per heavy atom. The third kappa shape index (κ3) is 1.77. The number of nitrogens with zero attached hydrogens (tertiary/aromatic N) is 1. The zero-order valence-electron chi connectivity index (χ0n) is 9.88. The fraction of sp³-hybridized carbons (Fsp3) is 0.0625. The van der Waals surface area contributed by atoms with Gasteiger partial charge in [0.15, 0.2) is 0 Å². The smallest absolute Gasteiger partial charge is 0.0687 e. The molecule has 18 heavy (non-hydrogen) atoms. The predicted molar refractivity (Wildman–Crippen MR) is 73.1 cm³/mol. The number of fused-ring (bicyclic) bond motifs is 1. The van der Waals surface area contributed by atoms with Crippen LogP contribution in [0.15, 0.2) is 60.9 Å². The van der Waals surface area contributed by atoms with Crippen LogP contribution in [-0.4, -0.2) is 10.1 Å². The number of aliphatic hydroxyl groups is 1. The fourth-order valence-corrected chi connectivity index (χ4v) is 2.28. The lowest BCUT2D eigenvalue weighted by Crippen LogP contribution is -1.90. The van der Waals surface area contributed by atoms with E-state index in [1.807, 2.05) is 48.7 Å². The summed E-state index contributed by atoms with van der Waals surface area (Å²) in [6.07, 6.45) is 3.66. The van der Waals surface area contributed by atoms with Crippen molar-refractivity contribution in [1.82, 2.24) is 4.98 Å². The van der Waals surface area contributed by atoms with Crippen LogP contribution in [0.5, 0.6) is 0 Å². The van der Waals surface area contributed by atoms with Crippen LogP contribution in [-0.2, 0) is 6.61 Å². The van der Waals surface area contributed by atoms with E-state index in [0.717, 1.165) is 27.5 Å². The molecule has 1 aromatic heterocycles. The first-order chi connectivity index (χ1) is 8.90. The molecule has 88 valence electrons. The lowest BCUT2D eigenvalue weighted by molar-refractivity contribution is 0.282. The highest BCUT2D eigenvalue weighted by Crippen LogP contribution is 2.30. The van der Waals surface area contributed by atoms with Crippen molar-refractivity contribution in [2.75, 3.05) is 0 Å². The quantitative estimate of drug-likeness (QED) is 0.738. The highest BCUT2D eigenvalue weighted by atomic mass is 16.3. The second-order valence-corrected chi connectivity index (χ2v) is 4.22. The number of rotatable bonds is 2. The molecule has 3 aromatic rings. The molecule has 0 bridgehead atoms. The zero-order chi connectivity index (χ0) is 12.4. The Hall–Kier alpha value is -2.19. The van der Waals surface area contributed by atoms with Gasteiger partial charge in [0.25, 0.3) is 0 Å². The summed E-state index contributed by atoms with van der Waals surface area (Å²) in [6, 6.07) is 16.1. The summed E-state index contributed by atoms with van der Waals surface area (Å²) in [5.74, 6) is 0. The number of hydrogen-bond acceptors (Lipinski definition) is 2. The summed E-state index contributed by atoms with van der Waals surface area (Å²) in [6.45, 7) is 0.0532. The largest absolute Gasteiger partial charge is 0.392 e.